The van der Waals surface area contributed by atoms with Crippen molar-refractivity contribution in [3.63, 3.8) is 0 Å². The molecule has 0 radical (unpaired) electrons. The standard InChI is InChI=1S/C16H18ClNO2S/c1-16(12-17,13-8-4-3-5-9-13)18-14-10-6-7-11-15(14)21(2,19)20/h3-11,18H,12H2,1-2H3. The van der Waals surface area contributed by atoms with Crippen LogP contribution in [0.4, 0.5) is 5.69 Å². The van der Waals surface area contributed by atoms with Crippen molar-refractivity contribution in [2.45, 2.75) is 17.4 Å². The zero-order valence-electron chi connectivity index (χ0n) is 12.0. The van der Waals surface area contributed by atoms with Crippen molar-refractivity contribution in [2.75, 3.05) is 17.5 Å². The average molecular weight is 324 g/mol. The molecule has 0 bridgehead atoms. The molecule has 1 atom stereocenters. The van der Waals surface area contributed by atoms with E-state index in [2.05, 4.69) is 5.32 Å². The summed E-state index contributed by atoms with van der Waals surface area (Å²) in [6.45, 7) is 1.95. The number of para-hydroxylation sites is 1. The Morgan fingerprint density at radius 1 is 1.05 bits per heavy atom. The summed E-state index contributed by atoms with van der Waals surface area (Å²) in [4.78, 5) is 0.275. The summed E-state index contributed by atoms with van der Waals surface area (Å²) in [5, 5.41) is 3.29. The van der Waals surface area contributed by atoms with Crippen LogP contribution in [0.1, 0.15) is 12.5 Å². The lowest BCUT2D eigenvalue weighted by Gasteiger charge is -2.31. The molecule has 2 aromatic carbocycles. The number of alkyl halides is 1. The van der Waals surface area contributed by atoms with E-state index in [-0.39, 0.29) is 4.90 Å². The van der Waals surface area contributed by atoms with Crippen LogP contribution in [0.2, 0.25) is 0 Å². The molecule has 1 N–H and O–H groups in total. The van der Waals surface area contributed by atoms with E-state index in [1.54, 1.807) is 24.3 Å². The van der Waals surface area contributed by atoms with Crippen LogP contribution in [0.25, 0.3) is 0 Å². The molecular weight excluding hydrogens is 306 g/mol. The lowest BCUT2D eigenvalue weighted by Crippen LogP contribution is -2.34. The van der Waals surface area contributed by atoms with Crippen molar-refractivity contribution in [3.05, 3.63) is 60.2 Å². The first-order valence-electron chi connectivity index (χ1n) is 6.55. The fourth-order valence-electron chi connectivity index (χ4n) is 2.18. The van der Waals surface area contributed by atoms with E-state index in [4.69, 9.17) is 11.6 Å². The first kappa shape index (κ1) is 15.9. The van der Waals surface area contributed by atoms with Gasteiger partial charge in [-0.25, -0.2) is 8.42 Å². The molecule has 112 valence electrons. The number of rotatable bonds is 5. The van der Waals surface area contributed by atoms with Crippen LogP contribution in [0.3, 0.4) is 0 Å². The lowest BCUT2D eigenvalue weighted by atomic mass is 9.93. The highest BCUT2D eigenvalue weighted by atomic mass is 35.5. The van der Waals surface area contributed by atoms with E-state index in [0.29, 0.717) is 11.6 Å². The molecular formula is C16H18ClNO2S. The van der Waals surface area contributed by atoms with Gasteiger partial charge in [0.2, 0.25) is 0 Å². The largest absolute Gasteiger partial charge is 0.374 e. The lowest BCUT2D eigenvalue weighted by molar-refractivity contribution is 0.598. The minimum Gasteiger partial charge on any atom is -0.374 e. The second-order valence-electron chi connectivity index (χ2n) is 5.23. The second-order valence-corrected chi connectivity index (χ2v) is 7.48. The zero-order chi connectivity index (χ0) is 15.5. The molecule has 0 saturated carbocycles. The fraction of sp³-hybridized carbons (Fsp3) is 0.250. The Hall–Kier alpha value is -1.52. The van der Waals surface area contributed by atoms with Gasteiger partial charge in [-0.2, -0.15) is 0 Å². The van der Waals surface area contributed by atoms with Gasteiger partial charge in [-0.15, -0.1) is 11.6 Å². The number of nitrogens with one attached hydrogen (secondary N) is 1. The van der Waals surface area contributed by atoms with Crippen molar-refractivity contribution in [2.24, 2.45) is 0 Å². The van der Waals surface area contributed by atoms with Gasteiger partial charge in [0.25, 0.3) is 0 Å². The molecule has 0 saturated heterocycles. The van der Waals surface area contributed by atoms with E-state index in [1.807, 2.05) is 37.3 Å². The molecule has 0 aliphatic heterocycles. The smallest absolute Gasteiger partial charge is 0.177 e. The SMILES string of the molecule is CC(CCl)(Nc1ccccc1S(C)(=O)=O)c1ccccc1. The molecule has 0 aliphatic rings. The molecule has 1 unspecified atom stereocenters. The number of halogens is 1. The second kappa shape index (κ2) is 6.08. The van der Waals surface area contributed by atoms with E-state index >= 15 is 0 Å². The third kappa shape index (κ3) is 3.57. The normalized spacial score (nSPS) is 14.4. The molecule has 0 heterocycles. The molecule has 21 heavy (non-hydrogen) atoms. The van der Waals surface area contributed by atoms with Gasteiger partial charge in [-0.3, -0.25) is 0 Å². The average Bonchev–Trinajstić information content (AvgIpc) is 2.47. The monoisotopic (exact) mass is 323 g/mol. The van der Waals surface area contributed by atoms with Gasteiger partial charge < -0.3 is 5.32 Å². The zero-order valence-corrected chi connectivity index (χ0v) is 13.6. The number of hydrogen-bond acceptors (Lipinski definition) is 3. The third-order valence-corrected chi connectivity index (χ3v) is 5.06. The molecule has 2 rings (SSSR count). The quantitative estimate of drug-likeness (QED) is 0.854. The van der Waals surface area contributed by atoms with Crippen molar-refractivity contribution in [1.82, 2.24) is 0 Å². The van der Waals surface area contributed by atoms with Gasteiger partial charge in [-0.05, 0) is 24.6 Å². The number of sulfone groups is 1. The molecule has 0 amide bonds. The van der Waals surface area contributed by atoms with Gasteiger partial charge in [0.1, 0.15) is 0 Å². The Morgan fingerprint density at radius 2 is 1.62 bits per heavy atom. The summed E-state index contributed by atoms with van der Waals surface area (Å²) < 4.78 is 23.8. The van der Waals surface area contributed by atoms with E-state index in [1.165, 1.54) is 6.26 Å². The number of hydrogen-bond donors (Lipinski definition) is 1. The van der Waals surface area contributed by atoms with Crippen LogP contribution in [0.15, 0.2) is 59.5 Å². The van der Waals surface area contributed by atoms with E-state index in [9.17, 15) is 8.42 Å². The van der Waals surface area contributed by atoms with Crippen LogP contribution in [-0.4, -0.2) is 20.6 Å². The maximum Gasteiger partial charge on any atom is 0.177 e. The Bertz CT molecular complexity index is 716. The molecule has 0 fully saturated rings. The highest BCUT2D eigenvalue weighted by Gasteiger charge is 2.27. The van der Waals surface area contributed by atoms with Crippen LogP contribution < -0.4 is 5.32 Å². The maximum atomic E-state index is 11.9. The van der Waals surface area contributed by atoms with Crippen molar-refractivity contribution in [3.8, 4) is 0 Å². The highest BCUT2D eigenvalue weighted by molar-refractivity contribution is 7.90. The third-order valence-electron chi connectivity index (χ3n) is 3.38. The van der Waals surface area contributed by atoms with Gasteiger partial charge in [0.05, 0.1) is 16.1 Å². The van der Waals surface area contributed by atoms with Crippen molar-refractivity contribution in [1.29, 1.82) is 0 Å². The first-order valence-corrected chi connectivity index (χ1v) is 8.98. The molecule has 2 aromatic rings. The van der Waals surface area contributed by atoms with Gasteiger partial charge >= 0.3 is 0 Å². The van der Waals surface area contributed by atoms with Crippen molar-refractivity contribution < 1.29 is 8.42 Å². The van der Waals surface area contributed by atoms with Gasteiger partial charge in [-0.1, -0.05) is 42.5 Å². The summed E-state index contributed by atoms with van der Waals surface area (Å²) in [7, 11) is -3.30. The summed E-state index contributed by atoms with van der Waals surface area (Å²) in [5.41, 5.74) is 1.01. The molecule has 0 spiro atoms. The predicted octanol–water partition coefficient (Wildman–Crippen LogP) is 3.66. The molecule has 0 aromatic heterocycles. The van der Waals surface area contributed by atoms with Crippen LogP contribution in [-0.2, 0) is 15.4 Å². The van der Waals surface area contributed by atoms with Crippen LogP contribution in [0.5, 0.6) is 0 Å². The summed E-state index contributed by atoms with van der Waals surface area (Å²) in [6, 6.07) is 16.6. The molecule has 3 nitrogen and oxygen atoms in total. The van der Waals surface area contributed by atoms with E-state index in [0.717, 1.165) is 5.56 Å². The number of anilines is 1. The Labute approximate surface area is 130 Å². The Balaban J connectivity index is 2.45. The summed E-state index contributed by atoms with van der Waals surface area (Å²) in [6.07, 6.45) is 1.20. The Kier molecular flexibility index (Phi) is 4.59. The number of benzene rings is 2. The van der Waals surface area contributed by atoms with Crippen molar-refractivity contribution >= 4 is 27.1 Å². The summed E-state index contributed by atoms with van der Waals surface area (Å²) >= 11 is 6.15. The topological polar surface area (TPSA) is 46.2 Å². The molecule has 5 heteroatoms. The first-order chi connectivity index (χ1) is 9.87. The Morgan fingerprint density at radius 3 is 2.19 bits per heavy atom. The minimum atomic E-state index is -3.30. The van der Waals surface area contributed by atoms with Gasteiger partial charge in [0, 0.05) is 12.1 Å². The van der Waals surface area contributed by atoms with Crippen LogP contribution >= 0.6 is 11.6 Å². The summed E-state index contributed by atoms with van der Waals surface area (Å²) in [5.74, 6) is 0.315. The highest BCUT2D eigenvalue weighted by Crippen LogP contribution is 2.30. The van der Waals surface area contributed by atoms with Crippen LogP contribution in [0, 0.1) is 0 Å². The predicted molar refractivity (Wildman–Crippen MR) is 87.7 cm³/mol. The van der Waals surface area contributed by atoms with E-state index < -0.39 is 15.4 Å². The molecule has 0 aliphatic carbocycles. The maximum absolute atomic E-state index is 11.9. The minimum absolute atomic E-state index is 0.275. The van der Waals surface area contributed by atoms with Gasteiger partial charge in [0.15, 0.2) is 9.84 Å². The fourth-order valence-corrected chi connectivity index (χ4v) is 3.24.